The molecule has 0 atom stereocenters. The van der Waals surface area contributed by atoms with Gasteiger partial charge in [-0.1, -0.05) is 35.7 Å². The maximum Gasteiger partial charge on any atom is 0.144 e. The van der Waals surface area contributed by atoms with Gasteiger partial charge in [-0.05, 0) is 27.2 Å². The van der Waals surface area contributed by atoms with Crippen LogP contribution in [0.3, 0.4) is 0 Å². The average molecular weight is 288 g/mol. The van der Waals surface area contributed by atoms with Gasteiger partial charge in [-0.2, -0.15) is 0 Å². The Labute approximate surface area is 107 Å². The lowest BCUT2D eigenvalue weighted by atomic mass is 10.1. The van der Waals surface area contributed by atoms with Gasteiger partial charge < -0.3 is 4.57 Å². The van der Waals surface area contributed by atoms with E-state index in [1.165, 1.54) is 19.3 Å². The second-order valence-electron chi connectivity index (χ2n) is 5.13. The van der Waals surface area contributed by atoms with Gasteiger partial charge in [0.15, 0.2) is 0 Å². The number of aryl methyl sites for hydroxylation is 1. The lowest BCUT2D eigenvalue weighted by Gasteiger charge is -2.24. The number of rotatable bonds is 5. The fourth-order valence-electron chi connectivity index (χ4n) is 1.91. The molecule has 0 aliphatic rings. The number of halogens is 1. The Balaban J connectivity index is 2.88. The molecular weight excluding hydrogens is 266 g/mol. The third-order valence-electron chi connectivity index (χ3n) is 2.59. The minimum atomic E-state index is 0.0636. The molecule has 0 saturated carbocycles. The third-order valence-corrected chi connectivity index (χ3v) is 3.09. The highest BCUT2D eigenvalue weighted by atomic mass is 79.9. The van der Waals surface area contributed by atoms with Gasteiger partial charge >= 0.3 is 0 Å². The molecule has 0 saturated heterocycles. The van der Waals surface area contributed by atoms with E-state index in [0.29, 0.717) is 0 Å². The first-order chi connectivity index (χ1) is 7.50. The van der Waals surface area contributed by atoms with E-state index in [1.807, 2.05) is 0 Å². The Morgan fingerprint density at radius 2 is 1.75 bits per heavy atom. The van der Waals surface area contributed by atoms with Crippen LogP contribution in [0.5, 0.6) is 0 Å². The van der Waals surface area contributed by atoms with Crippen molar-refractivity contribution in [1.82, 2.24) is 14.8 Å². The average Bonchev–Trinajstić information content (AvgIpc) is 2.61. The summed E-state index contributed by atoms with van der Waals surface area (Å²) in [7, 11) is 0. The van der Waals surface area contributed by atoms with Crippen LogP contribution in [-0.2, 0) is 17.3 Å². The molecule has 0 unspecified atom stereocenters. The molecule has 0 amide bonds. The minimum Gasteiger partial charge on any atom is -0.309 e. The maximum absolute atomic E-state index is 4.31. The number of aromatic nitrogens is 3. The van der Waals surface area contributed by atoms with E-state index in [9.17, 15) is 0 Å². The molecule has 16 heavy (non-hydrogen) atoms. The molecule has 0 radical (unpaired) electrons. The smallest absolute Gasteiger partial charge is 0.144 e. The molecule has 4 heteroatoms. The molecule has 1 aromatic heterocycles. The molecule has 1 aromatic rings. The van der Waals surface area contributed by atoms with Gasteiger partial charge in [0.05, 0.1) is 5.33 Å². The Bertz CT molecular complexity index is 325. The predicted octanol–water partition coefficient (Wildman–Crippen LogP) is 3.66. The van der Waals surface area contributed by atoms with Gasteiger partial charge in [-0.3, -0.25) is 0 Å². The summed E-state index contributed by atoms with van der Waals surface area (Å²) in [5.74, 6) is 2.15. The van der Waals surface area contributed by atoms with Crippen molar-refractivity contribution in [3.05, 3.63) is 11.6 Å². The fourth-order valence-corrected chi connectivity index (χ4v) is 2.27. The molecule has 3 nitrogen and oxygen atoms in total. The predicted molar refractivity (Wildman–Crippen MR) is 70.9 cm³/mol. The van der Waals surface area contributed by atoms with Crippen LogP contribution in [0.25, 0.3) is 0 Å². The normalized spacial score (nSPS) is 12.1. The molecule has 92 valence electrons. The van der Waals surface area contributed by atoms with E-state index in [2.05, 4.69) is 58.4 Å². The summed E-state index contributed by atoms with van der Waals surface area (Å²) in [4.78, 5) is 0. The summed E-state index contributed by atoms with van der Waals surface area (Å²) in [6, 6.07) is 0. The first-order valence-electron chi connectivity index (χ1n) is 6.00. The molecule has 0 N–H and O–H groups in total. The Morgan fingerprint density at radius 3 is 2.25 bits per heavy atom. The standard InChI is InChI=1S/C12H22BrN3/c1-5-6-7-8-10-14-15-11(9-13)16(10)12(2,3)4/h5-9H2,1-4H3. The van der Waals surface area contributed by atoms with Gasteiger partial charge in [0, 0.05) is 12.0 Å². The zero-order chi connectivity index (χ0) is 12.2. The van der Waals surface area contributed by atoms with Crippen molar-refractivity contribution in [2.75, 3.05) is 0 Å². The third kappa shape index (κ3) is 3.30. The number of unbranched alkanes of at least 4 members (excludes halogenated alkanes) is 2. The lowest BCUT2D eigenvalue weighted by molar-refractivity contribution is 0.371. The molecule has 0 fully saturated rings. The van der Waals surface area contributed by atoms with Crippen molar-refractivity contribution in [3.63, 3.8) is 0 Å². The van der Waals surface area contributed by atoms with Crippen molar-refractivity contribution >= 4 is 15.9 Å². The molecule has 0 bridgehead atoms. The van der Waals surface area contributed by atoms with Gasteiger partial charge in [-0.15, -0.1) is 10.2 Å². The maximum atomic E-state index is 4.31. The van der Waals surface area contributed by atoms with Crippen LogP contribution >= 0.6 is 15.9 Å². The summed E-state index contributed by atoms with van der Waals surface area (Å²) in [5.41, 5.74) is 0.0636. The van der Waals surface area contributed by atoms with Crippen LogP contribution in [0, 0.1) is 0 Å². The van der Waals surface area contributed by atoms with Crippen molar-refractivity contribution in [3.8, 4) is 0 Å². The van der Waals surface area contributed by atoms with Crippen LogP contribution in [0.1, 0.15) is 58.6 Å². The van der Waals surface area contributed by atoms with E-state index in [1.54, 1.807) is 0 Å². The van der Waals surface area contributed by atoms with Gasteiger partial charge in [0.2, 0.25) is 0 Å². The zero-order valence-electron chi connectivity index (χ0n) is 10.8. The van der Waals surface area contributed by atoms with E-state index < -0.39 is 0 Å². The fraction of sp³-hybridized carbons (Fsp3) is 0.833. The molecular formula is C12H22BrN3. The highest BCUT2D eigenvalue weighted by Gasteiger charge is 2.21. The van der Waals surface area contributed by atoms with Crippen molar-refractivity contribution < 1.29 is 0 Å². The summed E-state index contributed by atoms with van der Waals surface area (Å²) in [5, 5.41) is 9.32. The summed E-state index contributed by atoms with van der Waals surface area (Å²) in [6.45, 7) is 8.82. The Hall–Kier alpha value is -0.380. The van der Waals surface area contributed by atoms with E-state index in [4.69, 9.17) is 0 Å². The summed E-state index contributed by atoms with van der Waals surface area (Å²) in [6.07, 6.45) is 4.74. The molecule has 0 aliphatic heterocycles. The van der Waals surface area contributed by atoms with Crippen molar-refractivity contribution in [2.24, 2.45) is 0 Å². The van der Waals surface area contributed by atoms with Crippen LogP contribution in [0.4, 0.5) is 0 Å². The highest BCUT2D eigenvalue weighted by Crippen LogP contribution is 2.21. The van der Waals surface area contributed by atoms with Crippen LogP contribution in [-0.4, -0.2) is 14.8 Å². The second kappa shape index (κ2) is 5.80. The van der Waals surface area contributed by atoms with Crippen LogP contribution < -0.4 is 0 Å². The molecule has 1 rings (SSSR count). The van der Waals surface area contributed by atoms with Crippen molar-refractivity contribution in [1.29, 1.82) is 0 Å². The van der Waals surface area contributed by atoms with E-state index >= 15 is 0 Å². The molecule has 0 aromatic carbocycles. The number of hydrogen-bond donors (Lipinski definition) is 0. The monoisotopic (exact) mass is 287 g/mol. The van der Waals surface area contributed by atoms with Gasteiger partial charge in [0.25, 0.3) is 0 Å². The molecule has 1 heterocycles. The molecule has 0 aliphatic carbocycles. The van der Waals surface area contributed by atoms with Crippen molar-refractivity contribution in [2.45, 2.75) is 64.2 Å². The number of nitrogens with zero attached hydrogens (tertiary/aromatic N) is 3. The number of hydrogen-bond acceptors (Lipinski definition) is 2. The number of alkyl halides is 1. The second-order valence-corrected chi connectivity index (χ2v) is 5.69. The molecule has 0 spiro atoms. The van der Waals surface area contributed by atoms with E-state index in [0.717, 1.165) is 23.4 Å². The summed E-state index contributed by atoms with van der Waals surface area (Å²) < 4.78 is 2.26. The quantitative estimate of drug-likeness (QED) is 0.611. The van der Waals surface area contributed by atoms with Gasteiger partial charge in [-0.25, -0.2) is 0 Å². The first kappa shape index (κ1) is 13.7. The topological polar surface area (TPSA) is 30.7 Å². The largest absolute Gasteiger partial charge is 0.309 e. The van der Waals surface area contributed by atoms with Gasteiger partial charge in [0.1, 0.15) is 11.6 Å². The lowest BCUT2D eigenvalue weighted by Crippen LogP contribution is -2.26. The summed E-state index contributed by atoms with van der Waals surface area (Å²) >= 11 is 3.47. The SMILES string of the molecule is CCCCCc1nnc(CBr)n1C(C)(C)C. The Kier molecular flexibility index (Phi) is 4.96. The first-order valence-corrected chi connectivity index (χ1v) is 7.12. The minimum absolute atomic E-state index is 0.0636. The van der Waals surface area contributed by atoms with Crippen LogP contribution in [0.15, 0.2) is 0 Å². The van der Waals surface area contributed by atoms with Crippen LogP contribution in [0.2, 0.25) is 0 Å². The van der Waals surface area contributed by atoms with E-state index in [-0.39, 0.29) is 5.54 Å². The zero-order valence-corrected chi connectivity index (χ0v) is 12.3. The highest BCUT2D eigenvalue weighted by molar-refractivity contribution is 9.08. The Morgan fingerprint density at radius 1 is 1.12 bits per heavy atom.